The number of benzene rings is 2. The van der Waals surface area contributed by atoms with Gasteiger partial charge >= 0.3 is 0 Å². The second-order valence-corrected chi connectivity index (χ2v) is 17.7. The summed E-state index contributed by atoms with van der Waals surface area (Å²) < 4.78 is 29.1. The largest absolute Gasteiger partial charge is 0.493 e. The van der Waals surface area contributed by atoms with Crippen LogP contribution in [0.1, 0.15) is 78.7 Å². The summed E-state index contributed by atoms with van der Waals surface area (Å²) in [4.78, 5) is 62.0. The lowest BCUT2D eigenvalue weighted by atomic mass is 9.73. The second kappa shape index (κ2) is 17.1. The van der Waals surface area contributed by atoms with Crippen LogP contribution in [0.4, 0.5) is 0 Å². The molecule has 2 saturated carbocycles. The molecule has 2 aliphatic carbocycles. The van der Waals surface area contributed by atoms with Crippen molar-refractivity contribution in [1.82, 2.24) is 35.2 Å². The number of hydrogen-bond acceptors (Lipinski definition) is 13. The van der Waals surface area contributed by atoms with Crippen LogP contribution in [0.3, 0.4) is 0 Å². The van der Waals surface area contributed by atoms with E-state index < -0.39 is 11.9 Å². The summed E-state index contributed by atoms with van der Waals surface area (Å²) in [7, 11) is 3.22. The van der Waals surface area contributed by atoms with E-state index in [-0.39, 0.29) is 42.9 Å². The van der Waals surface area contributed by atoms with Crippen molar-refractivity contribution in [2.24, 2.45) is 22.9 Å². The Kier molecular flexibility index (Phi) is 11.1. The highest BCUT2D eigenvalue weighted by Crippen LogP contribution is 2.48. The molecule has 3 aliphatic heterocycles. The van der Waals surface area contributed by atoms with E-state index in [4.69, 9.17) is 28.8 Å². The summed E-state index contributed by atoms with van der Waals surface area (Å²) in [5.74, 6) is 2.74. The van der Waals surface area contributed by atoms with Gasteiger partial charge in [0, 0.05) is 48.0 Å². The molecule has 2 N–H and O–H groups in total. The van der Waals surface area contributed by atoms with Crippen molar-refractivity contribution in [3.8, 4) is 40.0 Å². The Balaban J connectivity index is 0.893. The number of thiazole rings is 1. The van der Waals surface area contributed by atoms with Crippen molar-refractivity contribution in [2.75, 3.05) is 40.7 Å². The average Bonchev–Trinajstić information content (AvgIpc) is 3.60. The van der Waals surface area contributed by atoms with E-state index in [0.717, 1.165) is 49.8 Å². The minimum Gasteiger partial charge on any atom is -0.493 e. The highest BCUT2D eigenvalue weighted by molar-refractivity contribution is 7.07. The number of carbonyl (C=O) groups excluding carboxylic acids is 3. The highest BCUT2D eigenvalue weighted by Gasteiger charge is 2.44. The van der Waals surface area contributed by atoms with Crippen LogP contribution in [0.2, 0.25) is 0 Å². The normalized spacial score (nSPS) is 20.3. The van der Waals surface area contributed by atoms with Crippen LogP contribution in [0.25, 0.3) is 22.3 Å². The van der Waals surface area contributed by atoms with Crippen LogP contribution >= 0.6 is 11.3 Å². The number of carbonyl (C=O) groups is 3. The van der Waals surface area contributed by atoms with Gasteiger partial charge in [-0.15, -0.1) is 11.3 Å². The second-order valence-electron chi connectivity index (χ2n) is 17.0. The van der Waals surface area contributed by atoms with Gasteiger partial charge in [-0.3, -0.25) is 14.4 Å². The Morgan fingerprint density at radius 1 is 0.952 bits per heavy atom. The lowest BCUT2D eigenvalue weighted by Gasteiger charge is -2.43. The van der Waals surface area contributed by atoms with E-state index in [9.17, 15) is 14.4 Å². The molecule has 0 bridgehead atoms. The number of fused-ring (bicyclic) bond motifs is 3. The number of amides is 3. The maximum atomic E-state index is 14.5. The molecule has 3 amide bonds. The third-order valence-electron chi connectivity index (χ3n) is 13.1. The number of hydrazone groups is 1. The number of aryl methyl sites for hydroxylation is 1. The van der Waals surface area contributed by atoms with Crippen LogP contribution in [-0.2, 0) is 16.0 Å². The van der Waals surface area contributed by atoms with Gasteiger partial charge in [-0.1, -0.05) is 12.8 Å². The zero-order valence-corrected chi connectivity index (χ0v) is 36.4. The molecule has 1 saturated heterocycles. The van der Waals surface area contributed by atoms with E-state index in [1.165, 1.54) is 17.7 Å². The monoisotopic (exact) mass is 874 g/mol. The molecule has 63 heavy (non-hydrogen) atoms. The van der Waals surface area contributed by atoms with Crippen LogP contribution < -0.4 is 29.0 Å². The Labute approximate surface area is 368 Å². The van der Waals surface area contributed by atoms with Gasteiger partial charge in [-0.2, -0.15) is 5.10 Å². The number of piperidine rings is 1. The molecule has 6 heterocycles. The maximum Gasteiger partial charge on any atom is 0.255 e. The standard InChI is InChI=1S/C46H50N8O8S/c1-25-37(40-42(50-25)41(48-22-47-40)38-34(60-20-26-8-9-26)12-13-35-43(38)62-24-61-35)44(55)51-32(19-28-21-63-23-49-28)46(57)53-16-14-29(15-17-53)54-45(56)31-7-5-4-6-30(31)39(52-54)27-10-11-33(58-2)36(18-27)59-3/h10-13,18,21-23,26,29-32,50H,4-9,14-17,19-20,24H2,1-3H3,(H,51,55)/t30-,31+,32-/m0/s1. The van der Waals surface area contributed by atoms with Gasteiger partial charge in [-0.05, 0) is 81.7 Å². The summed E-state index contributed by atoms with van der Waals surface area (Å²) >= 11 is 1.43. The number of H-pyrrole nitrogens is 1. The number of ether oxygens (including phenoxy) is 5. The summed E-state index contributed by atoms with van der Waals surface area (Å²) in [6.07, 6.45) is 8.75. The fraction of sp³-hybridized carbons (Fsp3) is 0.457. The molecule has 0 radical (unpaired) electrons. The fourth-order valence-corrected chi connectivity index (χ4v) is 10.2. The topological polar surface area (TPSA) is 183 Å². The number of methoxy groups -OCH3 is 2. The summed E-state index contributed by atoms with van der Waals surface area (Å²) in [6.45, 7) is 3.24. The molecular weight excluding hydrogens is 825 g/mol. The van der Waals surface area contributed by atoms with Gasteiger partial charge in [0.2, 0.25) is 18.6 Å². The fourth-order valence-electron chi connectivity index (χ4n) is 9.60. The van der Waals surface area contributed by atoms with Gasteiger partial charge in [0.25, 0.3) is 5.91 Å². The molecule has 0 spiro atoms. The highest BCUT2D eigenvalue weighted by atomic mass is 32.1. The minimum absolute atomic E-state index is 0.0299. The number of nitrogens with zero attached hydrogens (tertiary/aromatic N) is 6. The molecule has 17 heteroatoms. The Morgan fingerprint density at radius 2 is 1.75 bits per heavy atom. The zero-order chi connectivity index (χ0) is 43.2. The SMILES string of the molecule is COc1ccc(C2=NN(C3CCN(C(=O)[C@H](Cc4cscn4)NC(=O)c4c(C)[nH]c5c(-c6c(OCC7CC7)ccc7c6OCO7)ncnc45)CC3)C(=O)[C@@H]3CCCC[C@H]23)cc1OC. The summed E-state index contributed by atoms with van der Waals surface area (Å²) in [5, 5.41) is 11.8. The van der Waals surface area contributed by atoms with E-state index in [2.05, 4.69) is 25.3 Å². The smallest absolute Gasteiger partial charge is 0.255 e. The number of aromatic nitrogens is 4. The summed E-state index contributed by atoms with van der Waals surface area (Å²) in [6, 6.07) is 8.41. The predicted octanol–water partition coefficient (Wildman–Crippen LogP) is 6.31. The third-order valence-corrected chi connectivity index (χ3v) is 13.7. The number of rotatable bonds is 13. The van der Waals surface area contributed by atoms with Gasteiger partial charge < -0.3 is 38.9 Å². The van der Waals surface area contributed by atoms with Crippen LogP contribution in [0, 0.1) is 24.7 Å². The van der Waals surface area contributed by atoms with Gasteiger partial charge in [0.15, 0.2) is 23.0 Å². The lowest BCUT2D eigenvalue weighted by molar-refractivity contribution is -0.143. The van der Waals surface area contributed by atoms with Crippen LogP contribution in [0.5, 0.6) is 28.7 Å². The molecule has 16 nitrogen and oxygen atoms in total. The molecule has 0 unspecified atom stereocenters. The van der Waals surface area contributed by atoms with Crippen molar-refractivity contribution in [3.63, 3.8) is 0 Å². The number of hydrogen-bond donors (Lipinski definition) is 2. The molecule has 3 aromatic heterocycles. The van der Waals surface area contributed by atoms with E-state index in [0.29, 0.717) is 106 Å². The van der Waals surface area contributed by atoms with Crippen LogP contribution in [-0.4, -0.2) is 106 Å². The van der Waals surface area contributed by atoms with E-state index in [1.54, 1.807) is 36.6 Å². The first-order valence-electron chi connectivity index (χ1n) is 21.8. The van der Waals surface area contributed by atoms with Crippen molar-refractivity contribution < 1.29 is 38.1 Å². The molecule has 2 aromatic carbocycles. The molecule has 5 aromatic rings. The quantitative estimate of drug-likeness (QED) is 0.135. The first-order chi connectivity index (χ1) is 30.8. The number of aromatic amines is 1. The molecule has 3 fully saturated rings. The van der Waals surface area contributed by atoms with Gasteiger partial charge in [0.05, 0.1) is 60.4 Å². The van der Waals surface area contributed by atoms with Gasteiger partial charge in [-0.25, -0.2) is 20.0 Å². The third kappa shape index (κ3) is 7.80. The first kappa shape index (κ1) is 40.8. The minimum atomic E-state index is -0.915. The molecular formula is C46H50N8O8S. The van der Waals surface area contributed by atoms with Crippen molar-refractivity contribution in [3.05, 3.63) is 70.1 Å². The van der Waals surface area contributed by atoms with Crippen molar-refractivity contribution in [1.29, 1.82) is 0 Å². The molecule has 328 valence electrons. The number of likely N-dealkylation sites (tertiary alicyclic amines) is 1. The Bertz CT molecular complexity index is 2580. The Morgan fingerprint density at radius 3 is 2.51 bits per heavy atom. The number of nitrogens with one attached hydrogen (secondary N) is 2. The predicted molar refractivity (Wildman–Crippen MR) is 233 cm³/mol. The van der Waals surface area contributed by atoms with Crippen LogP contribution in [0.15, 0.2) is 52.7 Å². The molecule has 10 rings (SSSR count). The average molecular weight is 875 g/mol. The Hall–Kier alpha value is -6.23. The first-order valence-corrected chi connectivity index (χ1v) is 22.7. The van der Waals surface area contributed by atoms with Gasteiger partial charge in [0.1, 0.15) is 29.3 Å². The van der Waals surface area contributed by atoms with E-state index >= 15 is 0 Å². The summed E-state index contributed by atoms with van der Waals surface area (Å²) in [5.41, 5.74) is 7.17. The lowest BCUT2D eigenvalue weighted by Crippen LogP contribution is -2.56. The van der Waals surface area contributed by atoms with Crippen molar-refractivity contribution in [2.45, 2.75) is 76.8 Å². The molecule has 3 atom stereocenters. The van der Waals surface area contributed by atoms with Crippen molar-refractivity contribution >= 4 is 45.8 Å². The zero-order valence-electron chi connectivity index (χ0n) is 35.6. The maximum absolute atomic E-state index is 14.5. The molecule has 5 aliphatic rings. The van der Waals surface area contributed by atoms with E-state index in [1.807, 2.05) is 35.7 Å².